The summed E-state index contributed by atoms with van der Waals surface area (Å²) < 4.78 is 11.1. The van der Waals surface area contributed by atoms with Crippen LogP contribution in [0.5, 0.6) is 0 Å². The van der Waals surface area contributed by atoms with E-state index in [1.807, 2.05) is 13.0 Å². The number of fused-ring (bicyclic) bond motifs is 1. The molecule has 0 aliphatic carbocycles. The van der Waals surface area contributed by atoms with Crippen LogP contribution in [0.4, 0.5) is 0 Å². The highest BCUT2D eigenvalue weighted by Crippen LogP contribution is 2.26. The van der Waals surface area contributed by atoms with Crippen LogP contribution < -0.4 is 0 Å². The van der Waals surface area contributed by atoms with Crippen molar-refractivity contribution in [1.82, 2.24) is 0 Å². The van der Waals surface area contributed by atoms with Gasteiger partial charge >= 0.3 is 0 Å². The predicted molar refractivity (Wildman–Crippen MR) is 40.9 cm³/mol. The largest absolute Gasteiger partial charge is 0.460 e. The Morgan fingerprint density at radius 3 is 3.00 bits per heavy atom. The van der Waals surface area contributed by atoms with Crippen LogP contribution in [-0.2, 0) is 0 Å². The second kappa shape index (κ2) is 1.89. The third-order valence-electron chi connectivity index (χ3n) is 1.39. The summed E-state index contributed by atoms with van der Waals surface area (Å²) in [5, 5.41) is 0. The Morgan fingerprint density at radius 2 is 2.30 bits per heavy atom. The first kappa shape index (κ1) is 6.04. The van der Waals surface area contributed by atoms with Crippen LogP contribution in [0.15, 0.2) is 25.8 Å². The molecular formula is C7H5BrO2. The molecule has 0 unspecified atom stereocenters. The van der Waals surface area contributed by atoms with Crippen LogP contribution in [0.2, 0.25) is 0 Å². The maximum absolute atomic E-state index is 5.26. The molecule has 0 atom stereocenters. The van der Waals surface area contributed by atoms with Gasteiger partial charge in [-0.3, -0.25) is 0 Å². The molecule has 2 nitrogen and oxygen atoms in total. The molecule has 0 radical (unpaired) electrons. The lowest BCUT2D eigenvalue weighted by Gasteiger charge is -1.77. The van der Waals surface area contributed by atoms with Crippen molar-refractivity contribution in [1.29, 1.82) is 0 Å². The minimum Gasteiger partial charge on any atom is -0.460 e. The third kappa shape index (κ3) is 0.703. The molecule has 0 N–H and O–H groups in total. The quantitative estimate of drug-likeness (QED) is 0.654. The molecule has 0 aliphatic rings. The van der Waals surface area contributed by atoms with Gasteiger partial charge in [0.2, 0.25) is 0 Å². The molecule has 2 aromatic rings. The summed E-state index contributed by atoms with van der Waals surface area (Å²) in [5.41, 5.74) is 2.65. The molecule has 2 heterocycles. The molecule has 0 saturated heterocycles. The van der Waals surface area contributed by atoms with E-state index >= 15 is 0 Å². The van der Waals surface area contributed by atoms with Gasteiger partial charge < -0.3 is 8.83 Å². The Hall–Kier alpha value is -0.700. The van der Waals surface area contributed by atoms with Gasteiger partial charge in [-0.1, -0.05) is 0 Å². The number of aryl methyl sites for hydroxylation is 1. The molecule has 52 valence electrons. The maximum Gasteiger partial charge on any atom is 0.176 e. The van der Waals surface area contributed by atoms with Crippen LogP contribution in [0, 0.1) is 6.92 Å². The Bertz CT molecular complexity index is 358. The fourth-order valence-corrected chi connectivity index (χ4v) is 1.28. The molecule has 0 bridgehead atoms. The summed E-state index contributed by atoms with van der Waals surface area (Å²) in [6.07, 6.45) is 1.68. The highest BCUT2D eigenvalue weighted by atomic mass is 79.9. The van der Waals surface area contributed by atoms with Crippen LogP contribution in [0.25, 0.3) is 11.2 Å². The molecule has 10 heavy (non-hydrogen) atoms. The summed E-state index contributed by atoms with van der Waals surface area (Å²) in [4.78, 5) is 0. The van der Waals surface area contributed by atoms with E-state index in [4.69, 9.17) is 8.83 Å². The van der Waals surface area contributed by atoms with Gasteiger partial charge in [-0.25, -0.2) is 0 Å². The van der Waals surface area contributed by atoms with E-state index in [1.54, 1.807) is 6.26 Å². The minimum absolute atomic E-state index is 0.713. The van der Waals surface area contributed by atoms with E-state index in [0.717, 1.165) is 16.7 Å². The molecular weight excluding hydrogens is 196 g/mol. The first-order valence-corrected chi connectivity index (χ1v) is 3.70. The van der Waals surface area contributed by atoms with Crippen molar-refractivity contribution in [3.63, 3.8) is 0 Å². The van der Waals surface area contributed by atoms with Crippen LogP contribution in [0.3, 0.4) is 0 Å². The summed E-state index contributed by atoms with van der Waals surface area (Å²) in [7, 11) is 0. The minimum atomic E-state index is 0.713. The number of halogens is 1. The Morgan fingerprint density at radius 1 is 1.50 bits per heavy atom. The summed E-state index contributed by atoms with van der Waals surface area (Å²) in [6.45, 7) is 1.95. The number of hydrogen-bond donors (Lipinski definition) is 0. The SMILES string of the molecule is Cc1coc2cc(Br)oc12. The molecule has 2 rings (SSSR count). The van der Waals surface area contributed by atoms with Gasteiger partial charge in [0.05, 0.1) is 6.26 Å². The zero-order chi connectivity index (χ0) is 7.14. The molecule has 0 saturated carbocycles. The summed E-state index contributed by atoms with van der Waals surface area (Å²) >= 11 is 3.21. The lowest BCUT2D eigenvalue weighted by molar-refractivity contribution is 0.585. The van der Waals surface area contributed by atoms with Gasteiger partial charge in [0.1, 0.15) is 0 Å². The van der Waals surface area contributed by atoms with Crippen molar-refractivity contribution in [2.75, 3.05) is 0 Å². The number of hydrogen-bond acceptors (Lipinski definition) is 2. The maximum atomic E-state index is 5.26. The van der Waals surface area contributed by atoms with Gasteiger partial charge in [-0.05, 0) is 22.9 Å². The Balaban J connectivity index is 2.90. The van der Waals surface area contributed by atoms with Gasteiger partial charge in [-0.2, -0.15) is 0 Å². The number of rotatable bonds is 0. The first-order chi connectivity index (χ1) is 4.77. The van der Waals surface area contributed by atoms with E-state index in [1.165, 1.54) is 0 Å². The highest BCUT2D eigenvalue weighted by Gasteiger charge is 2.06. The van der Waals surface area contributed by atoms with Gasteiger partial charge in [0, 0.05) is 11.6 Å². The standard InChI is InChI=1S/C7H5BrO2/c1-4-3-9-5-2-6(8)10-7(4)5/h2-3H,1H3. The summed E-state index contributed by atoms with van der Waals surface area (Å²) in [5.74, 6) is 0. The van der Waals surface area contributed by atoms with E-state index in [2.05, 4.69) is 15.9 Å². The fraction of sp³-hybridized carbons (Fsp3) is 0.143. The normalized spacial score (nSPS) is 11.0. The average molecular weight is 201 g/mol. The van der Waals surface area contributed by atoms with Crippen molar-refractivity contribution in [2.45, 2.75) is 6.92 Å². The second-order valence-electron chi connectivity index (χ2n) is 2.16. The van der Waals surface area contributed by atoms with E-state index < -0.39 is 0 Å². The topological polar surface area (TPSA) is 26.3 Å². The Labute approximate surface area is 65.9 Å². The van der Waals surface area contributed by atoms with Gasteiger partial charge in [-0.15, -0.1) is 0 Å². The monoisotopic (exact) mass is 200 g/mol. The lowest BCUT2D eigenvalue weighted by Crippen LogP contribution is -1.56. The van der Waals surface area contributed by atoms with Crippen molar-refractivity contribution in [3.8, 4) is 0 Å². The van der Waals surface area contributed by atoms with Gasteiger partial charge in [0.15, 0.2) is 15.8 Å². The Kier molecular flexibility index (Phi) is 1.14. The molecule has 0 amide bonds. The number of furan rings is 2. The van der Waals surface area contributed by atoms with Gasteiger partial charge in [0.25, 0.3) is 0 Å². The van der Waals surface area contributed by atoms with Crippen molar-refractivity contribution in [3.05, 3.63) is 22.6 Å². The zero-order valence-corrected chi connectivity index (χ0v) is 6.94. The zero-order valence-electron chi connectivity index (χ0n) is 5.35. The second-order valence-corrected chi connectivity index (χ2v) is 2.94. The summed E-state index contributed by atoms with van der Waals surface area (Å²) in [6, 6.07) is 1.81. The van der Waals surface area contributed by atoms with Crippen molar-refractivity contribution in [2.24, 2.45) is 0 Å². The predicted octanol–water partition coefficient (Wildman–Crippen LogP) is 3.10. The molecule has 0 fully saturated rings. The van der Waals surface area contributed by atoms with Crippen molar-refractivity contribution < 1.29 is 8.83 Å². The highest BCUT2D eigenvalue weighted by molar-refractivity contribution is 9.10. The van der Waals surface area contributed by atoms with Crippen molar-refractivity contribution >= 4 is 27.1 Å². The smallest absolute Gasteiger partial charge is 0.176 e. The van der Waals surface area contributed by atoms with E-state index in [-0.39, 0.29) is 0 Å². The lowest BCUT2D eigenvalue weighted by atomic mass is 10.3. The first-order valence-electron chi connectivity index (χ1n) is 2.90. The van der Waals surface area contributed by atoms with Crippen LogP contribution in [-0.4, -0.2) is 0 Å². The fourth-order valence-electron chi connectivity index (χ4n) is 0.914. The third-order valence-corrected chi connectivity index (χ3v) is 1.78. The van der Waals surface area contributed by atoms with E-state index in [0.29, 0.717) is 4.67 Å². The molecule has 2 aromatic heterocycles. The van der Waals surface area contributed by atoms with E-state index in [9.17, 15) is 0 Å². The molecule has 0 aliphatic heterocycles. The average Bonchev–Trinajstić information content (AvgIpc) is 2.35. The van der Waals surface area contributed by atoms with Crippen LogP contribution in [0.1, 0.15) is 5.56 Å². The molecule has 0 aromatic carbocycles. The molecule has 3 heteroatoms. The van der Waals surface area contributed by atoms with Crippen LogP contribution >= 0.6 is 15.9 Å². The molecule has 0 spiro atoms.